The maximum absolute atomic E-state index is 12.8. The van der Waals surface area contributed by atoms with Crippen LogP contribution in [0.15, 0.2) is 65.8 Å². The maximum Gasteiger partial charge on any atom is 0.409 e. The number of para-hydroxylation sites is 1. The standard InChI is InChI=1S/C23H22N4O3/c1-23(2,3)30-22(29)27-20-21(28)25-18-11-5-4-8-16(18)19(26-20)15-9-6-12-17-14(15)10-7-13-24-17/h4-13,20H,1-3H3,(H,25,28)(H,27,29). The molecule has 30 heavy (non-hydrogen) atoms. The van der Waals surface area contributed by atoms with Gasteiger partial charge in [-0.1, -0.05) is 36.4 Å². The molecule has 4 rings (SSSR count). The van der Waals surface area contributed by atoms with Gasteiger partial charge >= 0.3 is 6.09 Å². The number of ether oxygens (including phenoxy) is 1. The van der Waals surface area contributed by atoms with Gasteiger partial charge in [-0.3, -0.25) is 15.1 Å². The van der Waals surface area contributed by atoms with Crippen LogP contribution in [0.2, 0.25) is 0 Å². The number of benzene rings is 2. The van der Waals surface area contributed by atoms with Gasteiger partial charge in [-0.05, 0) is 39.0 Å². The van der Waals surface area contributed by atoms with Gasteiger partial charge in [-0.15, -0.1) is 0 Å². The molecule has 2 N–H and O–H groups in total. The summed E-state index contributed by atoms with van der Waals surface area (Å²) >= 11 is 0. The molecule has 7 heteroatoms. The van der Waals surface area contributed by atoms with Crippen molar-refractivity contribution >= 4 is 34.3 Å². The molecule has 1 aromatic heterocycles. The molecule has 0 radical (unpaired) electrons. The molecule has 1 aliphatic heterocycles. The lowest BCUT2D eigenvalue weighted by atomic mass is 9.97. The number of hydrogen-bond donors (Lipinski definition) is 2. The van der Waals surface area contributed by atoms with Crippen LogP contribution in [0.3, 0.4) is 0 Å². The van der Waals surface area contributed by atoms with Gasteiger partial charge < -0.3 is 10.1 Å². The monoisotopic (exact) mass is 402 g/mol. The third-order valence-corrected chi connectivity index (χ3v) is 4.50. The second-order valence-electron chi connectivity index (χ2n) is 7.94. The van der Waals surface area contributed by atoms with E-state index in [2.05, 4.69) is 20.6 Å². The van der Waals surface area contributed by atoms with Crippen LogP contribution in [0, 0.1) is 0 Å². The van der Waals surface area contributed by atoms with Gasteiger partial charge in [0.1, 0.15) is 5.60 Å². The molecular weight excluding hydrogens is 380 g/mol. The van der Waals surface area contributed by atoms with E-state index in [4.69, 9.17) is 4.74 Å². The number of alkyl carbamates (subject to hydrolysis) is 1. The summed E-state index contributed by atoms with van der Waals surface area (Å²) in [5.74, 6) is -0.443. The number of nitrogens with zero attached hydrogens (tertiary/aromatic N) is 2. The summed E-state index contributed by atoms with van der Waals surface area (Å²) in [6.07, 6.45) is -0.127. The van der Waals surface area contributed by atoms with Crippen LogP contribution in [0.5, 0.6) is 0 Å². The van der Waals surface area contributed by atoms with Gasteiger partial charge in [0, 0.05) is 22.7 Å². The molecular formula is C23H22N4O3. The lowest BCUT2D eigenvalue weighted by Gasteiger charge is -2.21. The molecule has 2 aromatic carbocycles. The number of aliphatic imine (C=N–C) groups is 1. The molecule has 0 aliphatic carbocycles. The van der Waals surface area contributed by atoms with Crippen molar-refractivity contribution in [2.75, 3.05) is 5.32 Å². The van der Waals surface area contributed by atoms with Crippen LogP contribution in [-0.2, 0) is 9.53 Å². The highest BCUT2D eigenvalue weighted by Crippen LogP contribution is 2.27. The zero-order valence-corrected chi connectivity index (χ0v) is 17.0. The van der Waals surface area contributed by atoms with E-state index in [0.29, 0.717) is 11.4 Å². The molecule has 2 heterocycles. The Kier molecular flexibility index (Phi) is 4.95. The number of hydrogen-bond acceptors (Lipinski definition) is 5. The van der Waals surface area contributed by atoms with Crippen molar-refractivity contribution in [3.05, 3.63) is 71.9 Å². The van der Waals surface area contributed by atoms with Crippen molar-refractivity contribution in [3.63, 3.8) is 0 Å². The number of carbonyl (C=O) groups excluding carboxylic acids is 2. The molecule has 0 saturated heterocycles. The summed E-state index contributed by atoms with van der Waals surface area (Å²) in [4.78, 5) is 34.2. The van der Waals surface area contributed by atoms with E-state index in [1.54, 1.807) is 27.0 Å². The van der Waals surface area contributed by atoms with E-state index in [-0.39, 0.29) is 0 Å². The van der Waals surface area contributed by atoms with Crippen molar-refractivity contribution in [1.29, 1.82) is 0 Å². The maximum atomic E-state index is 12.8. The Labute approximate surface area is 174 Å². The van der Waals surface area contributed by atoms with Gasteiger partial charge in [0.2, 0.25) is 6.17 Å². The van der Waals surface area contributed by atoms with E-state index in [0.717, 1.165) is 22.0 Å². The van der Waals surface area contributed by atoms with Crippen molar-refractivity contribution < 1.29 is 14.3 Å². The highest BCUT2D eigenvalue weighted by molar-refractivity contribution is 6.23. The van der Waals surface area contributed by atoms with E-state index in [1.165, 1.54) is 0 Å². The predicted molar refractivity (Wildman–Crippen MR) is 116 cm³/mol. The Morgan fingerprint density at radius 3 is 2.60 bits per heavy atom. The first kappa shape index (κ1) is 19.6. The lowest BCUT2D eigenvalue weighted by Crippen LogP contribution is -2.44. The van der Waals surface area contributed by atoms with Crippen LogP contribution in [0.25, 0.3) is 10.9 Å². The SMILES string of the molecule is CC(C)(C)OC(=O)NC1N=C(c2cccc3ncccc23)c2ccccc2NC1=O. The Morgan fingerprint density at radius 2 is 1.80 bits per heavy atom. The first-order valence-corrected chi connectivity index (χ1v) is 9.63. The first-order chi connectivity index (χ1) is 14.3. The zero-order chi connectivity index (χ0) is 21.3. The molecule has 152 valence electrons. The average molecular weight is 402 g/mol. The molecule has 3 aromatic rings. The van der Waals surface area contributed by atoms with Crippen molar-refractivity contribution in [2.45, 2.75) is 32.5 Å². The minimum atomic E-state index is -1.14. The largest absolute Gasteiger partial charge is 0.444 e. The predicted octanol–water partition coefficient (Wildman–Crippen LogP) is 3.88. The molecule has 1 unspecified atom stereocenters. The summed E-state index contributed by atoms with van der Waals surface area (Å²) in [5.41, 5.74) is 2.91. The fraction of sp³-hybridized carbons (Fsp3) is 0.217. The Hall–Kier alpha value is -3.74. The highest BCUT2D eigenvalue weighted by atomic mass is 16.6. The van der Waals surface area contributed by atoms with Crippen LogP contribution in [-0.4, -0.2) is 34.5 Å². The van der Waals surface area contributed by atoms with Gasteiger partial charge in [0.25, 0.3) is 5.91 Å². The van der Waals surface area contributed by atoms with Crippen molar-refractivity contribution in [2.24, 2.45) is 4.99 Å². The minimum absolute atomic E-state index is 0.443. The molecule has 0 bridgehead atoms. The average Bonchev–Trinajstić information content (AvgIpc) is 2.83. The van der Waals surface area contributed by atoms with E-state index < -0.39 is 23.8 Å². The quantitative estimate of drug-likeness (QED) is 0.680. The van der Waals surface area contributed by atoms with Crippen LogP contribution >= 0.6 is 0 Å². The number of anilines is 1. The summed E-state index contributed by atoms with van der Waals surface area (Å²) in [6.45, 7) is 5.27. The Balaban J connectivity index is 1.83. The number of carbonyl (C=O) groups is 2. The molecule has 2 amide bonds. The van der Waals surface area contributed by atoms with Crippen molar-refractivity contribution in [1.82, 2.24) is 10.3 Å². The normalized spacial score (nSPS) is 16.2. The molecule has 7 nitrogen and oxygen atoms in total. The second kappa shape index (κ2) is 7.59. The number of rotatable bonds is 2. The third-order valence-electron chi connectivity index (χ3n) is 4.50. The lowest BCUT2D eigenvalue weighted by molar-refractivity contribution is -0.118. The number of pyridine rings is 1. The fourth-order valence-electron chi connectivity index (χ4n) is 3.30. The fourth-order valence-corrected chi connectivity index (χ4v) is 3.30. The zero-order valence-electron chi connectivity index (χ0n) is 17.0. The Morgan fingerprint density at radius 1 is 1.03 bits per heavy atom. The Bertz CT molecular complexity index is 1160. The van der Waals surface area contributed by atoms with Gasteiger partial charge in [-0.25, -0.2) is 9.79 Å². The number of benzodiazepines with no additional fused rings is 1. The van der Waals surface area contributed by atoms with Crippen LogP contribution < -0.4 is 10.6 Å². The molecule has 1 aliphatic rings. The van der Waals surface area contributed by atoms with Crippen LogP contribution in [0.1, 0.15) is 31.9 Å². The first-order valence-electron chi connectivity index (χ1n) is 9.63. The molecule has 0 fully saturated rings. The summed E-state index contributed by atoms with van der Waals surface area (Å²) in [7, 11) is 0. The molecule has 0 saturated carbocycles. The number of nitrogens with one attached hydrogen (secondary N) is 2. The summed E-state index contributed by atoms with van der Waals surface area (Å²) in [6, 6.07) is 17.0. The van der Waals surface area contributed by atoms with E-state index >= 15 is 0 Å². The van der Waals surface area contributed by atoms with Crippen LogP contribution in [0.4, 0.5) is 10.5 Å². The number of fused-ring (bicyclic) bond motifs is 2. The van der Waals surface area contributed by atoms with E-state index in [9.17, 15) is 9.59 Å². The van der Waals surface area contributed by atoms with Crippen molar-refractivity contribution in [3.8, 4) is 0 Å². The number of aromatic nitrogens is 1. The number of amides is 2. The second-order valence-corrected chi connectivity index (χ2v) is 7.94. The minimum Gasteiger partial charge on any atom is -0.444 e. The third kappa shape index (κ3) is 4.00. The summed E-state index contributed by atoms with van der Waals surface area (Å²) < 4.78 is 5.31. The smallest absolute Gasteiger partial charge is 0.409 e. The highest BCUT2D eigenvalue weighted by Gasteiger charge is 2.29. The summed E-state index contributed by atoms with van der Waals surface area (Å²) in [5, 5.41) is 6.32. The molecule has 0 spiro atoms. The van der Waals surface area contributed by atoms with Gasteiger partial charge in [0.15, 0.2) is 0 Å². The van der Waals surface area contributed by atoms with Gasteiger partial charge in [0.05, 0.1) is 16.9 Å². The van der Waals surface area contributed by atoms with E-state index in [1.807, 2.05) is 54.6 Å². The van der Waals surface area contributed by atoms with Gasteiger partial charge in [-0.2, -0.15) is 0 Å². The topological polar surface area (TPSA) is 92.7 Å². The molecule has 1 atom stereocenters.